The number of benzene rings is 1. The summed E-state index contributed by atoms with van der Waals surface area (Å²) in [6, 6.07) is 3.13. The number of carbonyl (C=O) groups is 1. The summed E-state index contributed by atoms with van der Waals surface area (Å²) in [5.74, 6) is -0.161. The Morgan fingerprint density at radius 2 is 1.81 bits per heavy atom. The van der Waals surface area contributed by atoms with Crippen molar-refractivity contribution in [3.63, 3.8) is 0 Å². The molecule has 0 atom stereocenters. The van der Waals surface area contributed by atoms with Gasteiger partial charge in [-0.25, -0.2) is 8.42 Å². The second kappa shape index (κ2) is 6.79. The third-order valence-corrected chi connectivity index (χ3v) is 4.83. The summed E-state index contributed by atoms with van der Waals surface area (Å²) < 4.78 is 23.2. The van der Waals surface area contributed by atoms with Gasteiger partial charge in [-0.3, -0.25) is 4.79 Å². The first-order valence-electron chi connectivity index (χ1n) is 6.96. The molecule has 118 valence electrons. The first-order chi connectivity index (χ1) is 9.59. The molecule has 0 fully saturated rings. The predicted octanol–water partition coefficient (Wildman–Crippen LogP) is 3.49. The van der Waals surface area contributed by atoms with Gasteiger partial charge >= 0.3 is 0 Å². The lowest BCUT2D eigenvalue weighted by molar-refractivity contribution is 0.0705. The molecule has 0 aliphatic heterocycles. The van der Waals surface area contributed by atoms with Gasteiger partial charge < -0.3 is 4.90 Å². The summed E-state index contributed by atoms with van der Waals surface area (Å²) in [5, 5.41) is 0. The highest BCUT2D eigenvalue weighted by Gasteiger charge is 2.23. The molecule has 1 rings (SSSR count). The minimum atomic E-state index is -3.86. The molecule has 0 bridgehead atoms. The van der Waals surface area contributed by atoms with Crippen molar-refractivity contribution in [2.75, 3.05) is 6.54 Å². The van der Waals surface area contributed by atoms with Crippen LogP contribution in [0.15, 0.2) is 17.0 Å². The summed E-state index contributed by atoms with van der Waals surface area (Å²) in [6.45, 7) is 9.98. The Kier molecular flexibility index (Phi) is 5.82. The van der Waals surface area contributed by atoms with Gasteiger partial charge in [-0.1, -0.05) is 13.0 Å². The van der Waals surface area contributed by atoms with Crippen LogP contribution in [0, 0.1) is 13.8 Å². The summed E-state index contributed by atoms with van der Waals surface area (Å²) >= 11 is 0. The number of nitrogens with zero attached hydrogens (tertiary/aromatic N) is 1. The summed E-state index contributed by atoms with van der Waals surface area (Å²) in [6.07, 6.45) is 0.843. The molecule has 0 N–H and O–H groups in total. The Hall–Kier alpha value is -1.07. The quantitative estimate of drug-likeness (QED) is 0.776. The highest BCUT2D eigenvalue weighted by atomic mass is 35.7. The van der Waals surface area contributed by atoms with Crippen LogP contribution in [0.4, 0.5) is 0 Å². The van der Waals surface area contributed by atoms with Crippen LogP contribution in [0.2, 0.25) is 0 Å². The van der Waals surface area contributed by atoms with E-state index in [1.54, 1.807) is 24.8 Å². The fourth-order valence-electron chi connectivity index (χ4n) is 2.32. The molecular weight excluding hydrogens is 310 g/mol. The zero-order valence-electron chi connectivity index (χ0n) is 13.1. The van der Waals surface area contributed by atoms with Crippen molar-refractivity contribution in [1.82, 2.24) is 4.90 Å². The average Bonchev–Trinajstić information content (AvgIpc) is 2.33. The number of rotatable bonds is 5. The van der Waals surface area contributed by atoms with E-state index in [1.165, 1.54) is 6.07 Å². The zero-order chi connectivity index (χ0) is 16.4. The lowest BCUT2D eigenvalue weighted by Gasteiger charge is -2.27. The van der Waals surface area contributed by atoms with Gasteiger partial charge in [-0.05, 0) is 51.3 Å². The van der Waals surface area contributed by atoms with Gasteiger partial charge in [0.2, 0.25) is 0 Å². The predicted molar refractivity (Wildman–Crippen MR) is 85.4 cm³/mol. The summed E-state index contributed by atoms with van der Waals surface area (Å²) in [5.41, 5.74) is 1.69. The van der Waals surface area contributed by atoms with E-state index in [1.807, 2.05) is 20.8 Å². The molecule has 0 radical (unpaired) electrons. The Bertz CT molecular complexity index is 639. The number of hydrogen-bond donors (Lipinski definition) is 0. The Labute approximate surface area is 131 Å². The standard InChI is InChI=1S/C15H22ClNO3S/c1-6-7-17(10(2)3)15(18)13-9-14(21(16,19)20)12(5)8-11(13)4/h8-10H,6-7H2,1-5H3. The van der Waals surface area contributed by atoms with Crippen molar-refractivity contribution >= 4 is 25.6 Å². The molecule has 1 amide bonds. The van der Waals surface area contributed by atoms with Crippen molar-refractivity contribution in [2.24, 2.45) is 0 Å². The van der Waals surface area contributed by atoms with Gasteiger partial charge in [-0.2, -0.15) is 0 Å². The Morgan fingerprint density at radius 1 is 1.24 bits per heavy atom. The van der Waals surface area contributed by atoms with Gasteiger partial charge in [0.15, 0.2) is 0 Å². The lowest BCUT2D eigenvalue weighted by Crippen LogP contribution is -2.38. The third-order valence-electron chi connectivity index (χ3n) is 3.36. The number of carbonyl (C=O) groups excluding carboxylic acids is 1. The summed E-state index contributed by atoms with van der Waals surface area (Å²) in [7, 11) is 1.58. The average molecular weight is 332 g/mol. The molecule has 21 heavy (non-hydrogen) atoms. The molecule has 1 aromatic rings. The maximum atomic E-state index is 12.7. The first-order valence-corrected chi connectivity index (χ1v) is 9.27. The normalized spacial score (nSPS) is 11.8. The van der Waals surface area contributed by atoms with E-state index >= 15 is 0 Å². The fraction of sp³-hybridized carbons (Fsp3) is 0.533. The van der Waals surface area contributed by atoms with E-state index in [2.05, 4.69) is 0 Å². The second-order valence-corrected chi connectivity index (χ2v) is 8.00. The maximum absolute atomic E-state index is 12.7. The molecule has 0 saturated heterocycles. The van der Waals surface area contributed by atoms with E-state index in [-0.39, 0.29) is 16.8 Å². The van der Waals surface area contributed by atoms with Crippen molar-refractivity contribution in [3.05, 3.63) is 28.8 Å². The molecule has 1 aromatic carbocycles. The van der Waals surface area contributed by atoms with Crippen molar-refractivity contribution in [2.45, 2.75) is 52.0 Å². The molecule has 6 heteroatoms. The van der Waals surface area contributed by atoms with Gasteiger partial charge in [0, 0.05) is 28.8 Å². The minimum absolute atomic E-state index is 0.00155. The topological polar surface area (TPSA) is 54.5 Å². The molecule has 0 aromatic heterocycles. The highest BCUT2D eigenvalue weighted by molar-refractivity contribution is 8.13. The van der Waals surface area contributed by atoms with Crippen LogP contribution < -0.4 is 0 Å². The third kappa shape index (κ3) is 4.20. The number of amides is 1. The molecule has 0 saturated carbocycles. The molecule has 0 aliphatic rings. The van der Waals surface area contributed by atoms with Crippen LogP contribution >= 0.6 is 10.7 Å². The molecule has 0 spiro atoms. The van der Waals surface area contributed by atoms with E-state index in [0.717, 1.165) is 12.0 Å². The Balaban J connectivity index is 3.39. The van der Waals surface area contributed by atoms with Crippen LogP contribution in [-0.2, 0) is 9.05 Å². The lowest BCUT2D eigenvalue weighted by atomic mass is 10.0. The first kappa shape index (κ1) is 18.0. The van der Waals surface area contributed by atoms with Crippen LogP contribution in [-0.4, -0.2) is 31.8 Å². The van der Waals surface area contributed by atoms with E-state index in [0.29, 0.717) is 17.7 Å². The Morgan fingerprint density at radius 3 is 2.24 bits per heavy atom. The molecule has 0 aliphatic carbocycles. The van der Waals surface area contributed by atoms with Gasteiger partial charge in [-0.15, -0.1) is 0 Å². The maximum Gasteiger partial charge on any atom is 0.261 e. The summed E-state index contributed by atoms with van der Waals surface area (Å²) in [4.78, 5) is 14.4. The second-order valence-electron chi connectivity index (χ2n) is 5.46. The van der Waals surface area contributed by atoms with Crippen LogP contribution in [0.3, 0.4) is 0 Å². The van der Waals surface area contributed by atoms with Crippen LogP contribution in [0.25, 0.3) is 0 Å². The van der Waals surface area contributed by atoms with Crippen molar-refractivity contribution in [3.8, 4) is 0 Å². The number of hydrogen-bond acceptors (Lipinski definition) is 3. The van der Waals surface area contributed by atoms with Crippen molar-refractivity contribution < 1.29 is 13.2 Å². The minimum Gasteiger partial charge on any atom is -0.336 e. The van der Waals surface area contributed by atoms with Crippen LogP contribution in [0.1, 0.15) is 48.7 Å². The zero-order valence-corrected chi connectivity index (χ0v) is 14.7. The fourth-order valence-corrected chi connectivity index (χ4v) is 3.52. The number of halogens is 1. The van der Waals surface area contributed by atoms with Gasteiger partial charge in [0.25, 0.3) is 15.0 Å². The molecular formula is C15H22ClNO3S. The van der Waals surface area contributed by atoms with Crippen LogP contribution in [0.5, 0.6) is 0 Å². The largest absolute Gasteiger partial charge is 0.336 e. The van der Waals surface area contributed by atoms with E-state index in [4.69, 9.17) is 10.7 Å². The van der Waals surface area contributed by atoms with Gasteiger partial charge in [0.05, 0.1) is 4.90 Å². The van der Waals surface area contributed by atoms with E-state index < -0.39 is 9.05 Å². The molecule has 0 unspecified atom stereocenters. The van der Waals surface area contributed by atoms with Gasteiger partial charge in [0.1, 0.15) is 0 Å². The molecule has 0 heterocycles. The van der Waals surface area contributed by atoms with E-state index in [9.17, 15) is 13.2 Å². The van der Waals surface area contributed by atoms with Crippen molar-refractivity contribution in [1.29, 1.82) is 0 Å². The number of aryl methyl sites for hydroxylation is 2. The highest BCUT2D eigenvalue weighted by Crippen LogP contribution is 2.25. The monoisotopic (exact) mass is 331 g/mol. The SMILES string of the molecule is CCCN(C(=O)c1cc(S(=O)(=O)Cl)c(C)cc1C)C(C)C. The molecule has 4 nitrogen and oxygen atoms in total. The smallest absolute Gasteiger partial charge is 0.261 e.